The zero-order chi connectivity index (χ0) is 8.55. The number of ether oxygens (including phenoxy) is 1. The Bertz CT molecular complexity index is 283. The lowest BCUT2D eigenvalue weighted by molar-refractivity contribution is 0.0714. The van der Waals surface area contributed by atoms with E-state index in [2.05, 4.69) is 0 Å². The number of aliphatic hydroxyl groups is 1. The first-order valence-electron chi connectivity index (χ1n) is 4.19. The molecule has 0 amide bonds. The van der Waals surface area contributed by atoms with E-state index in [1.54, 1.807) is 0 Å². The van der Waals surface area contributed by atoms with Crippen molar-refractivity contribution in [1.29, 1.82) is 0 Å². The van der Waals surface area contributed by atoms with E-state index >= 15 is 0 Å². The molecule has 0 bridgehead atoms. The van der Waals surface area contributed by atoms with Crippen LogP contribution in [0.15, 0.2) is 24.3 Å². The third-order valence-corrected chi connectivity index (χ3v) is 2.40. The number of aliphatic hydroxyl groups excluding tert-OH is 1. The average molecular weight is 164 g/mol. The average Bonchev–Trinajstić information content (AvgIpc) is 2.12. The second-order valence-corrected chi connectivity index (χ2v) is 3.20. The van der Waals surface area contributed by atoms with Crippen molar-refractivity contribution in [2.45, 2.75) is 18.9 Å². The SMILES string of the molecule is CC1c2ccccc2OC[C@H]1O. The van der Waals surface area contributed by atoms with Gasteiger partial charge in [0.1, 0.15) is 12.4 Å². The fourth-order valence-electron chi connectivity index (χ4n) is 1.51. The molecule has 0 spiro atoms. The normalized spacial score (nSPS) is 27.5. The van der Waals surface area contributed by atoms with E-state index < -0.39 is 0 Å². The van der Waals surface area contributed by atoms with Crippen LogP contribution in [-0.2, 0) is 0 Å². The van der Waals surface area contributed by atoms with Crippen LogP contribution in [0.1, 0.15) is 18.4 Å². The third-order valence-electron chi connectivity index (χ3n) is 2.40. The fourth-order valence-corrected chi connectivity index (χ4v) is 1.51. The molecule has 1 aliphatic heterocycles. The van der Waals surface area contributed by atoms with Crippen LogP contribution < -0.4 is 4.74 Å². The van der Waals surface area contributed by atoms with Crippen LogP contribution in [0.3, 0.4) is 0 Å². The summed E-state index contributed by atoms with van der Waals surface area (Å²) >= 11 is 0. The highest BCUT2D eigenvalue weighted by atomic mass is 16.5. The van der Waals surface area contributed by atoms with Crippen LogP contribution in [0.2, 0.25) is 0 Å². The van der Waals surface area contributed by atoms with Gasteiger partial charge in [0.25, 0.3) is 0 Å². The molecule has 12 heavy (non-hydrogen) atoms. The van der Waals surface area contributed by atoms with Gasteiger partial charge in [0.15, 0.2) is 0 Å². The number of rotatable bonds is 0. The van der Waals surface area contributed by atoms with Crippen molar-refractivity contribution in [1.82, 2.24) is 0 Å². The maximum absolute atomic E-state index is 9.50. The minimum atomic E-state index is -0.361. The van der Waals surface area contributed by atoms with Crippen LogP contribution in [0.5, 0.6) is 5.75 Å². The molecular formula is C10H12O2. The molecule has 0 saturated heterocycles. The maximum Gasteiger partial charge on any atom is 0.122 e. The third kappa shape index (κ3) is 1.08. The van der Waals surface area contributed by atoms with Gasteiger partial charge in [-0.25, -0.2) is 0 Å². The molecule has 0 aliphatic carbocycles. The molecule has 1 heterocycles. The van der Waals surface area contributed by atoms with Crippen molar-refractivity contribution < 1.29 is 9.84 Å². The summed E-state index contributed by atoms with van der Waals surface area (Å²) in [6.45, 7) is 2.43. The Labute approximate surface area is 71.8 Å². The molecule has 0 fully saturated rings. The summed E-state index contributed by atoms with van der Waals surface area (Å²) in [5.41, 5.74) is 1.11. The lowest BCUT2D eigenvalue weighted by atomic mass is 9.93. The van der Waals surface area contributed by atoms with E-state index in [0.29, 0.717) is 6.61 Å². The molecule has 2 heteroatoms. The lowest BCUT2D eigenvalue weighted by Gasteiger charge is -2.27. The van der Waals surface area contributed by atoms with Gasteiger partial charge in [-0.05, 0) is 11.6 Å². The predicted octanol–water partition coefficient (Wildman–Crippen LogP) is 1.54. The number of hydrogen-bond acceptors (Lipinski definition) is 2. The molecule has 0 radical (unpaired) electrons. The molecule has 0 aromatic heterocycles. The molecule has 64 valence electrons. The second-order valence-electron chi connectivity index (χ2n) is 3.20. The molecule has 1 N–H and O–H groups in total. The highest BCUT2D eigenvalue weighted by molar-refractivity contribution is 5.38. The van der Waals surface area contributed by atoms with Crippen LogP contribution >= 0.6 is 0 Å². The number of benzene rings is 1. The first-order valence-corrected chi connectivity index (χ1v) is 4.19. The van der Waals surface area contributed by atoms with Gasteiger partial charge in [-0.1, -0.05) is 25.1 Å². The monoisotopic (exact) mass is 164 g/mol. The second kappa shape index (κ2) is 2.79. The number of hydrogen-bond donors (Lipinski definition) is 1. The highest BCUT2D eigenvalue weighted by Crippen LogP contribution is 2.32. The van der Waals surface area contributed by atoms with Crippen molar-refractivity contribution in [2.24, 2.45) is 0 Å². The molecule has 1 aliphatic rings. The number of fused-ring (bicyclic) bond motifs is 1. The Hall–Kier alpha value is -1.02. The Kier molecular flexibility index (Phi) is 1.77. The van der Waals surface area contributed by atoms with E-state index in [4.69, 9.17) is 4.74 Å². The molecule has 1 aromatic rings. The van der Waals surface area contributed by atoms with Gasteiger partial charge in [-0.15, -0.1) is 0 Å². The van der Waals surface area contributed by atoms with Crippen LogP contribution in [0.4, 0.5) is 0 Å². The molecule has 0 saturated carbocycles. The zero-order valence-electron chi connectivity index (χ0n) is 7.03. The van der Waals surface area contributed by atoms with E-state index in [1.165, 1.54) is 0 Å². The minimum Gasteiger partial charge on any atom is -0.491 e. The highest BCUT2D eigenvalue weighted by Gasteiger charge is 2.24. The quantitative estimate of drug-likeness (QED) is 0.630. The molecule has 2 atom stereocenters. The zero-order valence-corrected chi connectivity index (χ0v) is 7.03. The van der Waals surface area contributed by atoms with Gasteiger partial charge in [0.2, 0.25) is 0 Å². The largest absolute Gasteiger partial charge is 0.491 e. The predicted molar refractivity (Wildman–Crippen MR) is 46.4 cm³/mol. The molecular weight excluding hydrogens is 152 g/mol. The van der Waals surface area contributed by atoms with Crippen molar-refractivity contribution in [3.8, 4) is 5.75 Å². The van der Waals surface area contributed by atoms with E-state index in [0.717, 1.165) is 11.3 Å². The minimum absolute atomic E-state index is 0.190. The molecule has 1 unspecified atom stereocenters. The maximum atomic E-state index is 9.50. The Morgan fingerprint density at radius 1 is 1.42 bits per heavy atom. The van der Waals surface area contributed by atoms with Gasteiger partial charge in [-0.2, -0.15) is 0 Å². The van der Waals surface area contributed by atoms with E-state index in [-0.39, 0.29) is 12.0 Å². The lowest BCUT2D eigenvalue weighted by Crippen LogP contribution is -2.28. The summed E-state index contributed by atoms with van der Waals surface area (Å²) < 4.78 is 5.36. The van der Waals surface area contributed by atoms with Crippen LogP contribution in [-0.4, -0.2) is 17.8 Å². The standard InChI is InChI=1S/C10H12O2/c1-7-8-4-2-3-5-10(8)12-6-9(7)11/h2-5,7,9,11H,6H2,1H3/t7?,9-/m1/s1. The van der Waals surface area contributed by atoms with Gasteiger partial charge in [0, 0.05) is 5.92 Å². The number of para-hydroxylation sites is 1. The van der Waals surface area contributed by atoms with Crippen molar-refractivity contribution in [2.75, 3.05) is 6.61 Å². The first-order chi connectivity index (χ1) is 5.79. The summed E-state index contributed by atoms with van der Waals surface area (Å²) in [4.78, 5) is 0. The molecule has 1 aromatic carbocycles. The van der Waals surface area contributed by atoms with E-state index in [9.17, 15) is 5.11 Å². The summed E-state index contributed by atoms with van der Waals surface area (Å²) in [6, 6.07) is 7.86. The summed E-state index contributed by atoms with van der Waals surface area (Å²) in [5.74, 6) is 1.10. The Morgan fingerprint density at radius 3 is 3.00 bits per heavy atom. The summed E-state index contributed by atoms with van der Waals surface area (Å²) in [6.07, 6.45) is -0.361. The topological polar surface area (TPSA) is 29.5 Å². The Balaban J connectivity index is 2.42. The van der Waals surface area contributed by atoms with Crippen molar-refractivity contribution >= 4 is 0 Å². The molecule has 2 nitrogen and oxygen atoms in total. The fraction of sp³-hybridized carbons (Fsp3) is 0.400. The van der Waals surface area contributed by atoms with Gasteiger partial charge < -0.3 is 9.84 Å². The first kappa shape index (κ1) is 7.62. The summed E-state index contributed by atoms with van der Waals surface area (Å²) in [7, 11) is 0. The van der Waals surface area contributed by atoms with Gasteiger partial charge >= 0.3 is 0 Å². The van der Waals surface area contributed by atoms with Gasteiger partial charge in [-0.3, -0.25) is 0 Å². The van der Waals surface area contributed by atoms with Gasteiger partial charge in [0.05, 0.1) is 6.10 Å². The van der Waals surface area contributed by atoms with Crippen LogP contribution in [0.25, 0.3) is 0 Å². The van der Waals surface area contributed by atoms with Crippen molar-refractivity contribution in [3.63, 3.8) is 0 Å². The summed E-state index contributed by atoms with van der Waals surface area (Å²) in [5, 5.41) is 9.50. The Morgan fingerprint density at radius 2 is 2.17 bits per heavy atom. The van der Waals surface area contributed by atoms with Crippen molar-refractivity contribution in [3.05, 3.63) is 29.8 Å². The van der Waals surface area contributed by atoms with E-state index in [1.807, 2.05) is 31.2 Å². The molecule has 2 rings (SSSR count). The van der Waals surface area contributed by atoms with Crippen LogP contribution in [0, 0.1) is 0 Å². The smallest absolute Gasteiger partial charge is 0.122 e.